The van der Waals surface area contributed by atoms with E-state index in [0.717, 1.165) is 12.8 Å². The van der Waals surface area contributed by atoms with Crippen molar-refractivity contribution in [2.45, 2.75) is 19.3 Å². The molecular formula is C12H15N3O2. The first kappa shape index (κ1) is 13.0. The van der Waals surface area contributed by atoms with Gasteiger partial charge >= 0.3 is 0 Å². The van der Waals surface area contributed by atoms with Crippen molar-refractivity contribution in [3.8, 4) is 11.9 Å². The van der Waals surface area contributed by atoms with Gasteiger partial charge in [0.25, 0.3) is 5.91 Å². The number of rotatable bonds is 6. The zero-order chi connectivity index (χ0) is 12.5. The van der Waals surface area contributed by atoms with Gasteiger partial charge in [-0.3, -0.25) is 4.79 Å². The fourth-order valence-electron chi connectivity index (χ4n) is 1.35. The first-order valence-electron chi connectivity index (χ1n) is 5.43. The predicted molar refractivity (Wildman–Crippen MR) is 62.6 cm³/mol. The second-order valence-corrected chi connectivity index (χ2v) is 3.43. The van der Waals surface area contributed by atoms with Crippen molar-refractivity contribution >= 4 is 5.91 Å². The fraction of sp³-hybridized carbons (Fsp3) is 0.417. The highest BCUT2D eigenvalue weighted by atomic mass is 16.5. The van der Waals surface area contributed by atoms with Crippen molar-refractivity contribution in [2.24, 2.45) is 0 Å². The largest absolute Gasteiger partial charge is 0.480 e. The molecule has 0 aliphatic rings. The first-order chi connectivity index (χ1) is 8.29. The number of methoxy groups -OCH3 is 1. The molecule has 0 aliphatic heterocycles. The fourth-order valence-corrected chi connectivity index (χ4v) is 1.35. The van der Waals surface area contributed by atoms with E-state index in [-0.39, 0.29) is 5.91 Å². The first-order valence-corrected chi connectivity index (χ1v) is 5.43. The minimum absolute atomic E-state index is 0.202. The second-order valence-electron chi connectivity index (χ2n) is 3.43. The van der Waals surface area contributed by atoms with Crippen molar-refractivity contribution < 1.29 is 9.53 Å². The lowest BCUT2D eigenvalue weighted by molar-refractivity contribution is 0.0949. The Hall–Kier alpha value is -2.09. The lowest BCUT2D eigenvalue weighted by Crippen LogP contribution is -2.25. The molecular weight excluding hydrogens is 218 g/mol. The van der Waals surface area contributed by atoms with Crippen molar-refractivity contribution in [3.63, 3.8) is 0 Å². The minimum atomic E-state index is -0.202. The van der Waals surface area contributed by atoms with Gasteiger partial charge in [-0.15, -0.1) is 0 Å². The van der Waals surface area contributed by atoms with E-state index in [0.29, 0.717) is 24.4 Å². The van der Waals surface area contributed by atoms with Crippen LogP contribution in [0.15, 0.2) is 18.3 Å². The molecule has 0 saturated heterocycles. The molecule has 0 unspecified atom stereocenters. The van der Waals surface area contributed by atoms with E-state index in [1.165, 1.54) is 7.11 Å². The van der Waals surface area contributed by atoms with Crippen LogP contribution in [0.1, 0.15) is 29.6 Å². The van der Waals surface area contributed by atoms with Gasteiger partial charge in [-0.25, -0.2) is 4.98 Å². The maximum atomic E-state index is 11.8. The van der Waals surface area contributed by atoms with E-state index in [1.54, 1.807) is 18.3 Å². The van der Waals surface area contributed by atoms with Gasteiger partial charge in [-0.2, -0.15) is 5.26 Å². The SMILES string of the molecule is COc1ncccc1C(=O)NCCCCC#N. The molecule has 0 bridgehead atoms. The van der Waals surface area contributed by atoms with Crippen LogP contribution < -0.4 is 10.1 Å². The number of ether oxygens (including phenoxy) is 1. The molecule has 0 aromatic carbocycles. The highest BCUT2D eigenvalue weighted by molar-refractivity contribution is 5.96. The van der Waals surface area contributed by atoms with Gasteiger partial charge < -0.3 is 10.1 Å². The van der Waals surface area contributed by atoms with E-state index in [9.17, 15) is 4.79 Å². The number of carbonyl (C=O) groups excluding carboxylic acids is 1. The highest BCUT2D eigenvalue weighted by Gasteiger charge is 2.11. The number of hydrogen-bond acceptors (Lipinski definition) is 4. The van der Waals surface area contributed by atoms with Crippen LogP contribution in [0.25, 0.3) is 0 Å². The number of nitriles is 1. The zero-order valence-electron chi connectivity index (χ0n) is 9.77. The molecule has 1 rings (SSSR count). The Morgan fingerprint density at radius 1 is 1.59 bits per heavy atom. The van der Waals surface area contributed by atoms with Crippen LogP contribution in [0.4, 0.5) is 0 Å². The number of nitrogens with zero attached hydrogens (tertiary/aromatic N) is 2. The lowest BCUT2D eigenvalue weighted by Gasteiger charge is -2.07. The Labute approximate surface area is 100 Å². The molecule has 1 amide bonds. The molecule has 1 aromatic heterocycles. The molecule has 5 nitrogen and oxygen atoms in total. The van der Waals surface area contributed by atoms with Crippen LogP contribution in [0.2, 0.25) is 0 Å². The molecule has 0 atom stereocenters. The number of amides is 1. The lowest BCUT2D eigenvalue weighted by atomic mass is 10.2. The standard InChI is InChI=1S/C12H15N3O2/c1-17-12-10(6-5-9-15-12)11(16)14-8-4-2-3-7-13/h5-6,9H,2-4,8H2,1H3,(H,14,16). The van der Waals surface area contributed by atoms with E-state index < -0.39 is 0 Å². The molecule has 0 saturated carbocycles. The van der Waals surface area contributed by atoms with Crippen LogP contribution in [0, 0.1) is 11.3 Å². The van der Waals surface area contributed by atoms with E-state index in [4.69, 9.17) is 10.00 Å². The Morgan fingerprint density at radius 2 is 2.41 bits per heavy atom. The summed E-state index contributed by atoms with van der Waals surface area (Å²) in [5, 5.41) is 11.1. The van der Waals surface area contributed by atoms with Crippen molar-refractivity contribution in [2.75, 3.05) is 13.7 Å². The quantitative estimate of drug-likeness (QED) is 0.756. The average Bonchev–Trinajstić information content (AvgIpc) is 2.38. The monoisotopic (exact) mass is 233 g/mol. The summed E-state index contributed by atoms with van der Waals surface area (Å²) in [6.45, 7) is 0.554. The summed E-state index contributed by atoms with van der Waals surface area (Å²) < 4.78 is 5.00. The van der Waals surface area contributed by atoms with E-state index in [1.807, 2.05) is 0 Å². The maximum absolute atomic E-state index is 11.8. The van der Waals surface area contributed by atoms with Gasteiger partial charge in [-0.1, -0.05) is 0 Å². The van der Waals surface area contributed by atoms with Crippen LogP contribution in [-0.4, -0.2) is 24.5 Å². The Kier molecular flexibility index (Phi) is 5.52. The molecule has 5 heteroatoms. The van der Waals surface area contributed by atoms with Gasteiger partial charge in [0, 0.05) is 19.2 Å². The third-order valence-electron chi connectivity index (χ3n) is 2.21. The number of hydrogen-bond donors (Lipinski definition) is 1. The van der Waals surface area contributed by atoms with Crippen molar-refractivity contribution in [3.05, 3.63) is 23.9 Å². The molecule has 1 N–H and O–H groups in total. The van der Waals surface area contributed by atoms with E-state index >= 15 is 0 Å². The van der Waals surface area contributed by atoms with Gasteiger partial charge in [0.15, 0.2) is 0 Å². The van der Waals surface area contributed by atoms with Crippen LogP contribution in [-0.2, 0) is 0 Å². The van der Waals surface area contributed by atoms with Crippen molar-refractivity contribution in [1.82, 2.24) is 10.3 Å². The summed E-state index contributed by atoms with van der Waals surface area (Å²) in [5.74, 6) is 0.119. The van der Waals surface area contributed by atoms with Gasteiger partial charge in [0.2, 0.25) is 5.88 Å². The van der Waals surface area contributed by atoms with Gasteiger partial charge in [0.05, 0.1) is 13.2 Å². The normalized spacial score (nSPS) is 9.41. The smallest absolute Gasteiger partial charge is 0.256 e. The summed E-state index contributed by atoms with van der Waals surface area (Å²) in [6, 6.07) is 5.41. The number of carbonyl (C=O) groups is 1. The summed E-state index contributed by atoms with van der Waals surface area (Å²) in [6.07, 6.45) is 3.68. The molecule has 0 aliphatic carbocycles. The third kappa shape index (κ3) is 4.11. The Morgan fingerprint density at radius 3 is 3.12 bits per heavy atom. The molecule has 17 heavy (non-hydrogen) atoms. The molecule has 90 valence electrons. The van der Waals surface area contributed by atoms with Gasteiger partial charge in [-0.05, 0) is 25.0 Å². The Bertz CT molecular complexity index is 412. The number of aromatic nitrogens is 1. The topological polar surface area (TPSA) is 75.0 Å². The second kappa shape index (κ2) is 7.23. The van der Waals surface area contributed by atoms with Crippen LogP contribution >= 0.6 is 0 Å². The third-order valence-corrected chi connectivity index (χ3v) is 2.21. The average molecular weight is 233 g/mol. The van der Waals surface area contributed by atoms with Crippen molar-refractivity contribution in [1.29, 1.82) is 5.26 Å². The molecule has 0 radical (unpaired) electrons. The maximum Gasteiger partial charge on any atom is 0.256 e. The number of unbranched alkanes of at least 4 members (excludes halogenated alkanes) is 2. The van der Waals surface area contributed by atoms with Gasteiger partial charge in [0.1, 0.15) is 5.56 Å². The Balaban J connectivity index is 2.44. The molecule has 0 spiro atoms. The highest BCUT2D eigenvalue weighted by Crippen LogP contribution is 2.12. The summed E-state index contributed by atoms with van der Waals surface area (Å²) in [4.78, 5) is 15.7. The molecule has 1 aromatic rings. The predicted octanol–water partition coefficient (Wildman–Crippen LogP) is 1.51. The number of nitrogens with one attached hydrogen (secondary N) is 1. The molecule has 1 heterocycles. The summed E-state index contributed by atoms with van der Waals surface area (Å²) >= 11 is 0. The number of pyridine rings is 1. The van der Waals surface area contributed by atoms with E-state index in [2.05, 4.69) is 16.4 Å². The van der Waals surface area contributed by atoms with Crippen LogP contribution in [0.3, 0.4) is 0 Å². The molecule has 0 fully saturated rings. The van der Waals surface area contributed by atoms with Crippen LogP contribution in [0.5, 0.6) is 5.88 Å². The minimum Gasteiger partial charge on any atom is -0.480 e. The zero-order valence-corrected chi connectivity index (χ0v) is 9.77. The summed E-state index contributed by atoms with van der Waals surface area (Å²) in [5.41, 5.74) is 0.426. The summed E-state index contributed by atoms with van der Waals surface area (Å²) in [7, 11) is 1.48.